The summed E-state index contributed by atoms with van der Waals surface area (Å²) in [6.45, 7) is 8.45. The molecule has 1 N–H and O–H groups in total. The van der Waals surface area contributed by atoms with Crippen molar-refractivity contribution in [3.8, 4) is 0 Å². The molecule has 0 bridgehead atoms. The minimum Gasteiger partial charge on any atom is -0.308 e. The van der Waals surface area contributed by atoms with E-state index in [2.05, 4.69) is 74.8 Å². The summed E-state index contributed by atoms with van der Waals surface area (Å²) in [5, 5.41) is 2.76. The van der Waals surface area contributed by atoms with E-state index in [1.54, 1.807) is 6.20 Å². The minimum atomic E-state index is -0.0465. The SMILES string of the molecule is CC(CC(=O)Nc1ncc(Br)nc1Br)C(C)(C)C. The summed E-state index contributed by atoms with van der Waals surface area (Å²) in [4.78, 5) is 20.1. The van der Waals surface area contributed by atoms with Crippen LogP contribution in [-0.4, -0.2) is 15.9 Å². The van der Waals surface area contributed by atoms with Gasteiger partial charge in [-0.2, -0.15) is 0 Å². The van der Waals surface area contributed by atoms with Crippen molar-refractivity contribution in [2.24, 2.45) is 11.3 Å². The van der Waals surface area contributed by atoms with Gasteiger partial charge in [0.2, 0.25) is 5.91 Å². The van der Waals surface area contributed by atoms with Gasteiger partial charge in [0.1, 0.15) is 9.21 Å². The lowest BCUT2D eigenvalue weighted by molar-refractivity contribution is -0.117. The number of nitrogens with zero attached hydrogens (tertiary/aromatic N) is 2. The van der Waals surface area contributed by atoms with Crippen molar-refractivity contribution < 1.29 is 4.79 Å². The quantitative estimate of drug-likeness (QED) is 0.864. The maximum atomic E-state index is 11.9. The fourth-order valence-electron chi connectivity index (χ4n) is 1.20. The van der Waals surface area contributed by atoms with Crippen molar-refractivity contribution in [1.82, 2.24) is 9.97 Å². The highest BCUT2D eigenvalue weighted by molar-refractivity contribution is 9.11. The second-order valence-electron chi connectivity index (χ2n) is 5.35. The Kier molecular flexibility index (Phi) is 5.28. The Labute approximate surface area is 124 Å². The molecule has 1 aromatic rings. The summed E-state index contributed by atoms with van der Waals surface area (Å²) >= 11 is 6.48. The summed E-state index contributed by atoms with van der Waals surface area (Å²) in [6, 6.07) is 0. The maximum absolute atomic E-state index is 11.9. The van der Waals surface area contributed by atoms with Gasteiger partial charge in [-0.25, -0.2) is 9.97 Å². The molecule has 1 heterocycles. The van der Waals surface area contributed by atoms with E-state index in [0.29, 0.717) is 27.4 Å². The van der Waals surface area contributed by atoms with Gasteiger partial charge in [0.25, 0.3) is 0 Å². The second kappa shape index (κ2) is 6.10. The van der Waals surface area contributed by atoms with Crippen molar-refractivity contribution in [1.29, 1.82) is 0 Å². The molecule has 0 fully saturated rings. The summed E-state index contributed by atoms with van der Waals surface area (Å²) < 4.78 is 1.14. The van der Waals surface area contributed by atoms with E-state index >= 15 is 0 Å². The van der Waals surface area contributed by atoms with Gasteiger partial charge in [-0.3, -0.25) is 4.79 Å². The number of rotatable bonds is 3. The van der Waals surface area contributed by atoms with Gasteiger partial charge in [-0.15, -0.1) is 0 Å². The molecule has 0 spiro atoms. The number of hydrogen-bond acceptors (Lipinski definition) is 3. The van der Waals surface area contributed by atoms with E-state index in [0.717, 1.165) is 0 Å². The fourth-order valence-corrected chi connectivity index (χ4v) is 2.11. The lowest BCUT2D eigenvalue weighted by Gasteiger charge is -2.26. The normalized spacial score (nSPS) is 13.2. The van der Waals surface area contributed by atoms with E-state index in [1.165, 1.54) is 0 Å². The van der Waals surface area contributed by atoms with Crippen LogP contribution in [0.15, 0.2) is 15.4 Å². The van der Waals surface area contributed by atoms with Crippen molar-refractivity contribution in [2.45, 2.75) is 34.1 Å². The third-order valence-corrected chi connectivity index (χ3v) is 3.86. The van der Waals surface area contributed by atoms with Crippen LogP contribution in [0.5, 0.6) is 0 Å². The van der Waals surface area contributed by atoms with Gasteiger partial charge in [0, 0.05) is 6.42 Å². The first-order valence-electron chi connectivity index (χ1n) is 5.68. The van der Waals surface area contributed by atoms with E-state index in [1.807, 2.05) is 0 Å². The molecule has 0 aliphatic heterocycles. The predicted molar refractivity (Wildman–Crippen MR) is 79.3 cm³/mol. The van der Waals surface area contributed by atoms with Crippen LogP contribution in [0.4, 0.5) is 5.82 Å². The molecule has 100 valence electrons. The largest absolute Gasteiger partial charge is 0.308 e. The average Bonchev–Trinajstić information content (AvgIpc) is 2.20. The Hall–Kier alpha value is -0.490. The van der Waals surface area contributed by atoms with E-state index in [-0.39, 0.29) is 11.3 Å². The van der Waals surface area contributed by atoms with Crippen molar-refractivity contribution >= 4 is 43.6 Å². The maximum Gasteiger partial charge on any atom is 0.225 e. The molecule has 0 aliphatic rings. The van der Waals surface area contributed by atoms with Gasteiger partial charge >= 0.3 is 0 Å². The number of nitrogens with one attached hydrogen (secondary N) is 1. The van der Waals surface area contributed by atoms with Crippen LogP contribution in [0, 0.1) is 11.3 Å². The molecule has 1 unspecified atom stereocenters. The first-order chi connectivity index (χ1) is 8.20. The zero-order valence-electron chi connectivity index (χ0n) is 10.9. The summed E-state index contributed by atoms with van der Waals surface area (Å²) in [6.07, 6.45) is 2.02. The lowest BCUT2D eigenvalue weighted by Crippen LogP contribution is -2.24. The number of amides is 1. The molecule has 1 atom stereocenters. The Morgan fingerprint density at radius 3 is 2.56 bits per heavy atom. The van der Waals surface area contributed by atoms with Crippen molar-refractivity contribution in [3.05, 3.63) is 15.4 Å². The van der Waals surface area contributed by atoms with Gasteiger partial charge in [0.05, 0.1) is 6.20 Å². The minimum absolute atomic E-state index is 0.0465. The Morgan fingerprint density at radius 1 is 1.44 bits per heavy atom. The molecule has 1 aromatic heterocycles. The molecule has 6 heteroatoms. The Morgan fingerprint density at radius 2 is 2.06 bits per heavy atom. The zero-order chi connectivity index (χ0) is 13.9. The molecule has 0 saturated carbocycles. The van der Waals surface area contributed by atoms with E-state index in [9.17, 15) is 4.79 Å². The molecule has 18 heavy (non-hydrogen) atoms. The van der Waals surface area contributed by atoms with Gasteiger partial charge < -0.3 is 5.32 Å². The number of carbonyl (C=O) groups is 1. The Bertz CT molecular complexity index is 443. The smallest absolute Gasteiger partial charge is 0.225 e. The fraction of sp³-hybridized carbons (Fsp3) is 0.583. The highest BCUT2D eigenvalue weighted by Gasteiger charge is 2.23. The number of carbonyl (C=O) groups excluding carboxylic acids is 1. The van der Waals surface area contributed by atoms with Crippen molar-refractivity contribution in [2.75, 3.05) is 5.32 Å². The molecule has 0 aromatic carbocycles. The molecular formula is C12H17Br2N3O. The van der Waals surface area contributed by atoms with Crippen LogP contribution < -0.4 is 5.32 Å². The van der Waals surface area contributed by atoms with Gasteiger partial charge in [-0.05, 0) is 43.2 Å². The number of hydrogen-bond donors (Lipinski definition) is 1. The topological polar surface area (TPSA) is 54.9 Å². The first-order valence-corrected chi connectivity index (χ1v) is 7.26. The standard InChI is InChI=1S/C12H17Br2N3O/c1-7(12(2,3)4)5-9(18)17-11-10(14)16-8(13)6-15-11/h6-7H,5H2,1-4H3,(H,15,17,18). The van der Waals surface area contributed by atoms with Crippen LogP contribution in [0.1, 0.15) is 34.1 Å². The van der Waals surface area contributed by atoms with Crippen molar-refractivity contribution in [3.63, 3.8) is 0 Å². The van der Waals surface area contributed by atoms with Crippen LogP contribution in [0.2, 0.25) is 0 Å². The van der Waals surface area contributed by atoms with Crippen LogP contribution in [-0.2, 0) is 4.79 Å². The molecule has 0 aliphatic carbocycles. The Balaban J connectivity index is 2.65. The highest BCUT2D eigenvalue weighted by Crippen LogP contribution is 2.28. The monoisotopic (exact) mass is 377 g/mol. The first kappa shape index (κ1) is 15.6. The molecule has 4 nitrogen and oxygen atoms in total. The van der Waals surface area contributed by atoms with Crippen LogP contribution in [0.25, 0.3) is 0 Å². The molecular weight excluding hydrogens is 362 g/mol. The van der Waals surface area contributed by atoms with Gasteiger partial charge in [0.15, 0.2) is 5.82 Å². The van der Waals surface area contributed by atoms with Gasteiger partial charge in [-0.1, -0.05) is 27.7 Å². The average molecular weight is 379 g/mol. The summed E-state index contributed by atoms with van der Waals surface area (Å²) in [5.41, 5.74) is 0.111. The zero-order valence-corrected chi connectivity index (χ0v) is 14.1. The van der Waals surface area contributed by atoms with Crippen LogP contribution >= 0.6 is 31.9 Å². The molecule has 0 radical (unpaired) electrons. The lowest BCUT2D eigenvalue weighted by atomic mass is 9.80. The van der Waals surface area contributed by atoms with E-state index in [4.69, 9.17) is 0 Å². The molecule has 0 saturated heterocycles. The summed E-state index contributed by atoms with van der Waals surface area (Å²) in [7, 11) is 0. The predicted octanol–water partition coefficient (Wildman–Crippen LogP) is 4.01. The third kappa shape index (κ3) is 4.65. The van der Waals surface area contributed by atoms with Crippen LogP contribution in [0.3, 0.4) is 0 Å². The number of anilines is 1. The third-order valence-electron chi connectivity index (χ3n) is 2.93. The number of aromatic nitrogens is 2. The summed E-state index contributed by atoms with van der Waals surface area (Å²) in [5.74, 6) is 0.693. The molecule has 1 rings (SSSR count). The number of halogens is 2. The highest BCUT2D eigenvalue weighted by atomic mass is 79.9. The molecule has 1 amide bonds. The van der Waals surface area contributed by atoms with E-state index < -0.39 is 0 Å². The second-order valence-corrected chi connectivity index (χ2v) is 6.92.